The molecule has 0 radical (unpaired) electrons. The van der Waals surface area contributed by atoms with Gasteiger partial charge in [-0.2, -0.15) is 0 Å². The molecule has 0 spiro atoms. The highest BCUT2D eigenvalue weighted by atomic mass is 16.5. The lowest BCUT2D eigenvalue weighted by Crippen LogP contribution is -2.20. The molecule has 2 aromatic carbocycles. The van der Waals surface area contributed by atoms with Crippen molar-refractivity contribution in [3.05, 3.63) is 63.7 Å². The molecule has 0 aromatic heterocycles. The van der Waals surface area contributed by atoms with Crippen LogP contribution in [0.1, 0.15) is 51.0 Å². The van der Waals surface area contributed by atoms with Crippen LogP contribution in [0.3, 0.4) is 0 Å². The topological polar surface area (TPSA) is 26.3 Å². The number of methoxy groups -OCH3 is 1. The van der Waals surface area contributed by atoms with Gasteiger partial charge in [0, 0.05) is 23.1 Å². The van der Waals surface area contributed by atoms with Crippen molar-refractivity contribution >= 4 is 5.78 Å². The van der Waals surface area contributed by atoms with E-state index in [2.05, 4.69) is 12.1 Å². The SMILES string of the molecule is COc1cccc2c1Cc1ccc3c(c1C2=O)CCCC3. The molecule has 106 valence electrons. The van der Waals surface area contributed by atoms with Crippen LogP contribution in [0.2, 0.25) is 0 Å². The molecule has 0 fully saturated rings. The Morgan fingerprint density at radius 1 is 0.952 bits per heavy atom. The van der Waals surface area contributed by atoms with Crippen LogP contribution in [0.4, 0.5) is 0 Å². The number of aryl methyl sites for hydroxylation is 1. The van der Waals surface area contributed by atoms with Crippen LogP contribution < -0.4 is 4.74 Å². The molecule has 0 saturated heterocycles. The molecule has 0 bridgehead atoms. The third-order valence-corrected chi connectivity index (χ3v) is 4.81. The second-order valence-electron chi connectivity index (χ2n) is 5.94. The number of ether oxygens (including phenoxy) is 1. The normalized spacial score (nSPS) is 16.0. The van der Waals surface area contributed by atoms with E-state index < -0.39 is 0 Å². The fraction of sp³-hybridized carbons (Fsp3) is 0.316. The summed E-state index contributed by atoms with van der Waals surface area (Å²) in [5.41, 5.74) is 6.68. The van der Waals surface area contributed by atoms with Gasteiger partial charge >= 0.3 is 0 Å². The molecule has 21 heavy (non-hydrogen) atoms. The monoisotopic (exact) mass is 278 g/mol. The Labute approximate surface area is 124 Å². The molecule has 2 aromatic rings. The highest BCUT2D eigenvalue weighted by Gasteiger charge is 2.29. The van der Waals surface area contributed by atoms with Gasteiger partial charge in [0.05, 0.1) is 7.11 Å². The molecule has 0 atom stereocenters. The molecule has 0 amide bonds. The van der Waals surface area contributed by atoms with E-state index >= 15 is 0 Å². The summed E-state index contributed by atoms with van der Waals surface area (Å²) < 4.78 is 5.44. The summed E-state index contributed by atoms with van der Waals surface area (Å²) in [6.45, 7) is 0. The van der Waals surface area contributed by atoms with Crippen molar-refractivity contribution in [3.63, 3.8) is 0 Å². The lowest BCUT2D eigenvalue weighted by Gasteiger charge is -2.26. The predicted octanol–water partition coefficient (Wildman–Crippen LogP) is 3.71. The minimum absolute atomic E-state index is 0.184. The number of carbonyl (C=O) groups excluding carboxylic acids is 1. The minimum Gasteiger partial charge on any atom is -0.496 e. The zero-order chi connectivity index (χ0) is 14.4. The number of hydrogen-bond acceptors (Lipinski definition) is 2. The number of carbonyl (C=O) groups is 1. The Hall–Kier alpha value is -2.09. The lowest BCUT2D eigenvalue weighted by molar-refractivity contribution is 0.103. The highest BCUT2D eigenvalue weighted by molar-refractivity contribution is 6.13. The van der Waals surface area contributed by atoms with Gasteiger partial charge in [0.2, 0.25) is 0 Å². The van der Waals surface area contributed by atoms with Crippen molar-refractivity contribution in [2.75, 3.05) is 7.11 Å². The number of ketones is 1. The van der Waals surface area contributed by atoms with Gasteiger partial charge in [0.25, 0.3) is 0 Å². The van der Waals surface area contributed by atoms with Crippen LogP contribution in [0.5, 0.6) is 5.75 Å². The van der Waals surface area contributed by atoms with Crippen molar-refractivity contribution in [2.24, 2.45) is 0 Å². The molecule has 2 heteroatoms. The van der Waals surface area contributed by atoms with E-state index in [1.807, 2.05) is 18.2 Å². The average Bonchev–Trinajstić information content (AvgIpc) is 2.54. The molecule has 2 aliphatic carbocycles. The first-order valence-electron chi connectivity index (χ1n) is 7.64. The molecular weight excluding hydrogens is 260 g/mol. The summed E-state index contributed by atoms with van der Waals surface area (Å²) >= 11 is 0. The van der Waals surface area contributed by atoms with E-state index in [0.717, 1.165) is 47.3 Å². The average molecular weight is 278 g/mol. The van der Waals surface area contributed by atoms with Crippen LogP contribution in [0.15, 0.2) is 30.3 Å². The van der Waals surface area contributed by atoms with E-state index in [0.29, 0.717) is 0 Å². The van der Waals surface area contributed by atoms with Crippen LogP contribution in [-0.2, 0) is 19.3 Å². The van der Waals surface area contributed by atoms with Gasteiger partial charge in [-0.1, -0.05) is 24.3 Å². The van der Waals surface area contributed by atoms with Gasteiger partial charge in [-0.15, -0.1) is 0 Å². The van der Waals surface area contributed by atoms with Gasteiger partial charge in [-0.25, -0.2) is 0 Å². The maximum Gasteiger partial charge on any atom is 0.194 e. The van der Waals surface area contributed by atoms with Crippen molar-refractivity contribution in [1.82, 2.24) is 0 Å². The van der Waals surface area contributed by atoms with E-state index in [9.17, 15) is 4.79 Å². The molecule has 0 saturated carbocycles. The number of rotatable bonds is 1. The lowest BCUT2D eigenvalue weighted by atomic mass is 9.77. The zero-order valence-electron chi connectivity index (χ0n) is 12.2. The summed E-state index contributed by atoms with van der Waals surface area (Å²) in [5, 5.41) is 0. The highest BCUT2D eigenvalue weighted by Crippen LogP contribution is 2.37. The summed E-state index contributed by atoms with van der Waals surface area (Å²) in [4.78, 5) is 13.0. The first kappa shape index (κ1) is 12.6. The van der Waals surface area contributed by atoms with Crippen molar-refractivity contribution in [3.8, 4) is 5.75 Å². The molecule has 0 N–H and O–H groups in total. The van der Waals surface area contributed by atoms with Gasteiger partial charge in [0.15, 0.2) is 5.78 Å². The molecule has 0 heterocycles. The largest absolute Gasteiger partial charge is 0.496 e. The van der Waals surface area contributed by atoms with Crippen molar-refractivity contribution in [1.29, 1.82) is 0 Å². The second-order valence-corrected chi connectivity index (χ2v) is 5.94. The Bertz CT molecular complexity index is 743. The third-order valence-electron chi connectivity index (χ3n) is 4.81. The smallest absolute Gasteiger partial charge is 0.194 e. The molecule has 2 nitrogen and oxygen atoms in total. The van der Waals surface area contributed by atoms with Crippen LogP contribution >= 0.6 is 0 Å². The van der Waals surface area contributed by atoms with Crippen molar-refractivity contribution in [2.45, 2.75) is 32.1 Å². The number of benzene rings is 2. The molecule has 4 rings (SSSR count). The second kappa shape index (κ2) is 4.73. The molecule has 0 unspecified atom stereocenters. The van der Waals surface area contributed by atoms with E-state index in [4.69, 9.17) is 4.74 Å². The predicted molar refractivity (Wildman–Crippen MR) is 82.3 cm³/mol. The quantitative estimate of drug-likeness (QED) is 0.678. The van der Waals surface area contributed by atoms with E-state index in [1.54, 1.807) is 7.11 Å². The first-order chi connectivity index (χ1) is 10.3. The standard InChI is InChI=1S/C19H18O2/c1-21-17-8-4-7-15-16(17)11-13-10-9-12-5-2-3-6-14(12)18(13)19(15)20/h4,7-10H,2-3,5-6,11H2,1H3. The fourth-order valence-corrected chi connectivity index (χ4v) is 3.78. The summed E-state index contributed by atoms with van der Waals surface area (Å²) in [5.74, 6) is 1.01. The maximum absolute atomic E-state index is 13.0. The molecule has 0 aliphatic heterocycles. The Balaban J connectivity index is 1.93. The van der Waals surface area contributed by atoms with E-state index in [1.165, 1.54) is 24.0 Å². The fourth-order valence-electron chi connectivity index (χ4n) is 3.78. The first-order valence-corrected chi connectivity index (χ1v) is 7.64. The van der Waals surface area contributed by atoms with Crippen molar-refractivity contribution < 1.29 is 9.53 Å². The Morgan fingerprint density at radius 3 is 2.62 bits per heavy atom. The summed E-state index contributed by atoms with van der Waals surface area (Å²) in [6.07, 6.45) is 5.39. The van der Waals surface area contributed by atoms with Gasteiger partial charge in [-0.3, -0.25) is 4.79 Å². The molecule has 2 aliphatic rings. The zero-order valence-corrected chi connectivity index (χ0v) is 12.2. The molecular formula is C19H18O2. The van der Waals surface area contributed by atoms with Gasteiger partial charge < -0.3 is 4.74 Å². The minimum atomic E-state index is 0.184. The number of hydrogen-bond donors (Lipinski definition) is 0. The Morgan fingerprint density at radius 2 is 1.76 bits per heavy atom. The number of fused-ring (bicyclic) bond motifs is 4. The third kappa shape index (κ3) is 1.82. The van der Waals surface area contributed by atoms with E-state index in [-0.39, 0.29) is 5.78 Å². The van der Waals surface area contributed by atoms with Crippen LogP contribution in [0.25, 0.3) is 0 Å². The van der Waals surface area contributed by atoms with Gasteiger partial charge in [-0.05, 0) is 48.4 Å². The maximum atomic E-state index is 13.0. The summed E-state index contributed by atoms with van der Waals surface area (Å²) in [6, 6.07) is 10.2. The van der Waals surface area contributed by atoms with Gasteiger partial charge in [0.1, 0.15) is 5.75 Å². The summed E-state index contributed by atoms with van der Waals surface area (Å²) in [7, 11) is 1.67. The Kier molecular flexibility index (Phi) is 2.85. The van der Waals surface area contributed by atoms with Crippen LogP contribution in [0, 0.1) is 0 Å². The van der Waals surface area contributed by atoms with Crippen LogP contribution in [-0.4, -0.2) is 12.9 Å².